The molecule has 8 nitrogen and oxygen atoms in total. The van der Waals surface area contributed by atoms with Gasteiger partial charge in [-0.1, -0.05) is 61.8 Å². The molecule has 0 aliphatic carbocycles. The van der Waals surface area contributed by atoms with Crippen molar-refractivity contribution < 1.29 is 22.7 Å². The van der Waals surface area contributed by atoms with Gasteiger partial charge in [-0.3, -0.25) is 13.9 Å². The van der Waals surface area contributed by atoms with E-state index in [1.807, 2.05) is 32.9 Å². The highest BCUT2D eigenvalue weighted by atomic mass is 35.5. The third-order valence-electron chi connectivity index (χ3n) is 6.95. The Labute approximate surface area is 248 Å². The summed E-state index contributed by atoms with van der Waals surface area (Å²) in [6.45, 7) is 7.02. The third kappa shape index (κ3) is 8.01. The molecular weight excluding hydrogens is 562 g/mol. The van der Waals surface area contributed by atoms with Crippen LogP contribution in [0, 0.1) is 6.92 Å². The highest BCUT2D eigenvalue weighted by molar-refractivity contribution is 7.92. The van der Waals surface area contributed by atoms with E-state index in [2.05, 4.69) is 5.32 Å². The number of aryl methyl sites for hydroxylation is 1. The molecule has 0 aliphatic rings. The van der Waals surface area contributed by atoms with Gasteiger partial charge in [0.15, 0.2) is 0 Å². The number of nitrogens with one attached hydrogen (secondary N) is 1. The zero-order valence-electron chi connectivity index (χ0n) is 24.1. The van der Waals surface area contributed by atoms with Crippen LogP contribution >= 0.6 is 11.6 Å². The summed E-state index contributed by atoms with van der Waals surface area (Å²) in [4.78, 5) is 29.0. The van der Waals surface area contributed by atoms with Gasteiger partial charge in [-0.05, 0) is 74.2 Å². The van der Waals surface area contributed by atoms with Gasteiger partial charge in [-0.15, -0.1) is 0 Å². The fourth-order valence-electron chi connectivity index (χ4n) is 4.37. The molecule has 0 bridgehead atoms. The van der Waals surface area contributed by atoms with Gasteiger partial charge in [0.1, 0.15) is 18.3 Å². The Kier molecular flexibility index (Phi) is 11.2. The van der Waals surface area contributed by atoms with Gasteiger partial charge in [-0.25, -0.2) is 8.42 Å². The molecule has 0 radical (unpaired) electrons. The van der Waals surface area contributed by atoms with Crippen molar-refractivity contribution in [2.45, 2.75) is 64.1 Å². The van der Waals surface area contributed by atoms with Crippen LogP contribution in [0.5, 0.6) is 5.75 Å². The Morgan fingerprint density at radius 1 is 0.976 bits per heavy atom. The van der Waals surface area contributed by atoms with Gasteiger partial charge >= 0.3 is 0 Å². The Bertz CT molecular complexity index is 1430. The second-order valence-electron chi connectivity index (χ2n) is 9.87. The average Bonchev–Trinajstić information content (AvgIpc) is 2.97. The van der Waals surface area contributed by atoms with E-state index in [4.69, 9.17) is 16.3 Å². The molecule has 0 fully saturated rings. The second kappa shape index (κ2) is 14.4. The Morgan fingerprint density at radius 3 is 2.22 bits per heavy atom. The Hall–Kier alpha value is -3.56. The molecule has 2 atom stereocenters. The van der Waals surface area contributed by atoms with Crippen LogP contribution in [0.25, 0.3) is 0 Å². The summed E-state index contributed by atoms with van der Waals surface area (Å²) in [6.07, 6.45) is 1.07. The zero-order valence-corrected chi connectivity index (χ0v) is 25.7. The summed E-state index contributed by atoms with van der Waals surface area (Å²) in [5.41, 5.74) is 1.69. The Balaban J connectivity index is 2.08. The Morgan fingerprint density at radius 2 is 1.63 bits per heavy atom. The normalized spacial score (nSPS) is 12.7. The lowest BCUT2D eigenvalue weighted by atomic mass is 10.1. The second-order valence-corrected chi connectivity index (χ2v) is 12.2. The van der Waals surface area contributed by atoms with Crippen molar-refractivity contribution in [3.8, 4) is 5.75 Å². The highest BCUT2D eigenvalue weighted by Gasteiger charge is 2.34. The molecule has 3 aromatic rings. The molecule has 41 heavy (non-hydrogen) atoms. The van der Waals surface area contributed by atoms with Gasteiger partial charge in [0.2, 0.25) is 11.8 Å². The molecule has 0 aromatic heterocycles. The van der Waals surface area contributed by atoms with Gasteiger partial charge in [0.25, 0.3) is 10.0 Å². The SMILES string of the molecule is CC[C@@H](C)NC(=O)[C@@H](CC)N(Cc1ccc(OC)cc1)C(=O)CN(c1cc(Cl)ccc1C)S(=O)(=O)c1ccccc1. The maximum absolute atomic E-state index is 14.2. The molecule has 10 heteroatoms. The topological polar surface area (TPSA) is 96.0 Å². The lowest BCUT2D eigenvalue weighted by molar-refractivity contribution is -0.140. The number of ether oxygens (including phenoxy) is 1. The minimum atomic E-state index is -4.17. The molecule has 0 heterocycles. The molecule has 220 valence electrons. The summed E-state index contributed by atoms with van der Waals surface area (Å²) in [7, 11) is -2.60. The number of benzene rings is 3. The lowest BCUT2D eigenvalue weighted by Crippen LogP contribution is -2.53. The minimum Gasteiger partial charge on any atom is -0.497 e. The summed E-state index contributed by atoms with van der Waals surface area (Å²) >= 11 is 6.28. The predicted octanol–water partition coefficient (Wildman–Crippen LogP) is 5.57. The molecule has 3 aromatic carbocycles. The number of hydrogen-bond acceptors (Lipinski definition) is 5. The van der Waals surface area contributed by atoms with Crippen LogP contribution in [0.2, 0.25) is 5.02 Å². The highest BCUT2D eigenvalue weighted by Crippen LogP contribution is 2.30. The van der Waals surface area contributed by atoms with Gasteiger partial charge < -0.3 is 15.0 Å². The number of carbonyl (C=O) groups is 2. The molecular formula is C31H38ClN3O5S. The van der Waals surface area contributed by atoms with Gasteiger partial charge in [-0.2, -0.15) is 0 Å². The maximum Gasteiger partial charge on any atom is 0.264 e. The average molecular weight is 600 g/mol. The molecule has 0 aliphatic heterocycles. The van der Waals surface area contributed by atoms with Crippen molar-refractivity contribution in [3.63, 3.8) is 0 Å². The van der Waals surface area contributed by atoms with E-state index in [0.29, 0.717) is 22.8 Å². The summed E-state index contributed by atoms with van der Waals surface area (Å²) in [6, 6.07) is 19.1. The summed E-state index contributed by atoms with van der Waals surface area (Å²) < 4.78 is 34.3. The van der Waals surface area contributed by atoms with Crippen molar-refractivity contribution >= 4 is 39.1 Å². The fraction of sp³-hybridized carbons (Fsp3) is 0.355. The minimum absolute atomic E-state index is 0.0374. The number of carbonyl (C=O) groups excluding carboxylic acids is 2. The van der Waals surface area contributed by atoms with E-state index in [1.54, 1.807) is 56.5 Å². The van der Waals surface area contributed by atoms with Crippen LogP contribution < -0.4 is 14.4 Å². The largest absolute Gasteiger partial charge is 0.497 e. The van der Waals surface area contributed by atoms with E-state index in [0.717, 1.165) is 16.3 Å². The first-order chi connectivity index (χ1) is 19.5. The maximum atomic E-state index is 14.2. The van der Waals surface area contributed by atoms with E-state index in [1.165, 1.54) is 23.1 Å². The van der Waals surface area contributed by atoms with Crippen molar-refractivity contribution in [3.05, 3.63) is 88.9 Å². The van der Waals surface area contributed by atoms with Crippen LogP contribution in [0.15, 0.2) is 77.7 Å². The number of hydrogen-bond donors (Lipinski definition) is 1. The standard InChI is InChI=1S/C31H38ClN3O5S/c1-6-23(4)33-31(37)28(7-2)34(20-24-14-17-26(40-5)18-15-24)30(36)21-35(29-19-25(32)16-13-22(29)3)41(38,39)27-11-9-8-10-12-27/h8-19,23,28H,6-7,20-21H2,1-5H3,(H,33,37)/t23-,28-/m1/s1. The first-order valence-electron chi connectivity index (χ1n) is 13.6. The van der Waals surface area contributed by atoms with Crippen LogP contribution in [-0.4, -0.2) is 50.9 Å². The molecule has 2 amide bonds. The molecule has 3 rings (SSSR count). The smallest absolute Gasteiger partial charge is 0.264 e. The number of sulfonamides is 1. The quantitative estimate of drug-likeness (QED) is 0.277. The number of halogens is 1. The van der Waals surface area contributed by atoms with Crippen molar-refractivity contribution in [1.82, 2.24) is 10.2 Å². The van der Waals surface area contributed by atoms with Gasteiger partial charge in [0, 0.05) is 17.6 Å². The van der Waals surface area contributed by atoms with Crippen molar-refractivity contribution in [1.29, 1.82) is 0 Å². The van der Waals surface area contributed by atoms with E-state index < -0.39 is 28.5 Å². The molecule has 1 N–H and O–H groups in total. The molecule has 0 saturated carbocycles. The van der Waals surface area contributed by atoms with Crippen LogP contribution in [-0.2, 0) is 26.2 Å². The summed E-state index contributed by atoms with van der Waals surface area (Å²) in [5.74, 6) is -0.157. The molecule has 0 unspecified atom stereocenters. The first-order valence-corrected chi connectivity index (χ1v) is 15.4. The van der Waals surface area contributed by atoms with E-state index in [9.17, 15) is 18.0 Å². The van der Waals surface area contributed by atoms with Crippen LogP contribution in [0.4, 0.5) is 5.69 Å². The lowest BCUT2D eigenvalue weighted by Gasteiger charge is -2.34. The first kappa shape index (κ1) is 32.0. The molecule has 0 spiro atoms. The molecule has 0 saturated heterocycles. The fourth-order valence-corrected chi connectivity index (χ4v) is 6.03. The predicted molar refractivity (Wildman–Crippen MR) is 163 cm³/mol. The number of methoxy groups -OCH3 is 1. The van der Waals surface area contributed by atoms with E-state index >= 15 is 0 Å². The van der Waals surface area contributed by atoms with Crippen LogP contribution in [0.1, 0.15) is 44.7 Å². The number of amides is 2. The van der Waals surface area contributed by atoms with Crippen molar-refractivity contribution in [2.75, 3.05) is 18.0 Å². The van der Waals surface area contributed by atoms with Gasteiger partial charge in [0.05, 0.1) is 17.7 Å². The monoisotopic (exact) mass is 599 g/mol. The number of rotatable bonds is 13. The number of anilines is 1. The van der Waals surface area contributed by atoms with E-state index in [-0.39, 0.29) is 29.1 Å². The van der Waals surface area contributed by atoms with Crippen molar-refractivity contribution in [2.24, 2.45) is 0 Å². The third-order valence-corrected chi connectivity index (χ3v) is 8.96. The summed E-state index contributed by atoms with van der Waals surface area (Å²) in [5, 5.41) is 3.31. The zero-order chi connectivity index (χ0) is 30.2. The van der Waals surface area contributed by atoms with Crippen LogP contribution in [0.3, 0.4) is 0 Å². The number of nitrogens with zero attached hydrogens (tertiary/aromatic N) is 2.